The first-order valence-corrected chi connectivity index (χ1v) is 14.4. The number of carbonyl (C=O) groups is 1. The van der Waals surface area contributed by atoms with E-state index in [1.807, 2.05) is 24.0 Å². The van der Waals surface area contributed by atoms with Crippen molar-refractivity contribution in [2.24, 2.45) is 0 Å². The highest BCUT2D eigenvalue weighted by atomic mass is 35.5. The van der Waals surface area contributed by atoms with Gasteiger partial charge in [0.1, 0.15) is 5.82 Å². The molecular weight excluding hydrogens is 500 g/mol. The van der Waals surface area contributed by atoms with Crippen molar-refractivity contribution in [2.75, 3.05) is 41.1 Å². The summed E-state index contributed by atoms with van der Waals surface area (Å²) in [5, 5.41) is 2.88. The number of hydrogen-bond donors (Lipinski definition) is 1. The molecule has 9 nitrogen and oxygen atoms in total. The first-order chi connectivity index (χ1) is 15.9. The van der Waals surface area contributed by atoms with Crippen LogP contribution in [0.25, 0.3) is 5.82 Å². The van der Waals surface area contributed by atoms with Crippen LogP contribution in [0, 0.1) is 6.92 Å². The number of aromatic nitrogens is 2. The fraction of sp³-hybridized carbons (Fsp3) is 0.273. The number of anilines is 2. The second kappa shape index (κ2) is 9.05. The molecule has 4 rings (SSSR count). The SMILES string of the molecule is Cc1cc(C(=O)Nc2cc(Cl)cc(S(C)(=O)=O)c2)cn1-c1ccc(N2CCS(=O)(=O)CC2)cn1. The molecule has 0 saturated carbocycles. The second-order valence-corrected chi connectivity index (χ2v) is 12.9. The van der Waals surface area contributed by atoms with Crippen molar-refractivity contribution in [1.82, 2.24) is 9.55 Å². The van der Waals surface area contributed by atoms with Crippen LogP contribution in [0.1, 0.15) is 16.1 Å². The van der Waals surface area contributed by atoms with Crippen molar-refractivity contribution in [3.05, 3.63) is 65.1 Å². The predicted octanol–water partition coefficient (Wildman–Crippen LogP) is 2.72. The average Bonchev–Trinajstić information content (AvgIpc) is 3.15. The van der Waals surface area contributed by atoms with Crippen LogP contribution in [0.2, 0.25) is 5.02 Å². The van der Waals surface area contributed by atoms with Gasteiger partial charge in [-0.1, -0.05) is 11.6 Å². The van der Waals surface area contributed by atoms with E-state index < -0.39 is 25.6 Å². The minimum Gasteiger partial charge on any atom is -0.368 e. The fourth-order valence-corrected chi connectivity index (χ4v) is 5.86. The summed E-state index contributed by atoms with van der Waals surface area (Å²) in [6.07, 6.45) is 4.40. The quantitative estimate of drug-likeness (QED) is 0.547. The molecule has 1 saturated heterocycles. The largest absolute Gasteiger partial charge is 0.368 e. The van der Waals surface area contributed by atoms with Gasteiger partial charge in [-0.2, -0.15) is 0 Å². The number of benzene rings is 1. The summed E-state index contributed by atoms with van der Waals surface area (Å²) in [6.45, 7) is 2.70. The number of aryl methyl sites for hydroxylation is 1. The molecule has 0 spiro atoms. The standard InChI is InChI=1S/C22H23ClN4O5S2/c1-15-9-16(22(28)25-18-10-17(23)11-20(12-18)33(2,29)30)14-27(15)21-4-3-19(13-24-21)26-5-7-34(31,32)8-6-26/h3-4,9-14H,5-8H2,1-2H3,(H,25,28). The monoisotopic (exact) mass is 522 g/mol. The van der Waals surface area contributed by atoms with Crippen molar-refractivity contribution in [1.29, 1.82) is 0 Å². The molecule has 1 aromatic carbocycles. The van der Waals surface area contributed by atoms with Gasteiger partial charge in [0.2, 0.25) is 0 Å². The molecule has 1 amide bonds. The van der Waals surface area contributed by atoms with Gasteiger partial charge < -0.3 is 14.8 Å². The van der Waals surface area contributed by atoms with Crippen LogP contribution < -0.4 is 10.2 Å². The zero-order valence-electron chi connectivity index (χ0n) is 18.5. The lowest BCUT2D eigenvalue weighted by molar-refractivity contribution is 0.102. The van der Waals surface area contributed by atoms with E-state index >= 15 is 0 Å². The molecule has 0 bridgehead atoms. The summed E-state index contributed by atoms with van der Waals surface area (Å²) < 4.78 is 48.7. The molecule has 0 unspecified atom stereocenters. The van der Waals surface area contributed by atoms with Gasteiger partial charge in [-0.25, -0.2) is 21.8 Å². The fourth-order valence-electron chi connectivity index (χ4n) is 3.67. The maximum atomic E-state index is 12.8. The summed E-state index contributed by atoms with van der Waals surface area (Å²) in [4.78, 5) is 19.3. The number of carbonyl (C=O) groups excluding carboxylic acids is 1. The lowest BCUT2D eigenvalue weighted by Crippen LogP contribution is -2.40. The van der Waals surface area contributed by atoms with Crippen LogP contribution in [0.15, 0.2) is 53.7 Å². The molecule has 1 fully saturated rings. The number of halogens is 1. The average molecular weight is 523 g/mol. The topological polar surface area (TPSA) is 118 Å². The molecule has 3 heterocycles. The van der Waals surface area contributed by atoms with E-state index in [0.29, 0.717) is 24.5 Å². The van der Waals surface area contributed by atoms with E-state index in [1.165, 1.54) is 18.2 Å². The summed E-state index contributed by atoms with van der Waals surface area (Å²) in [5.74, 6) is 0.437. The summed E-state index contributed by atoms with van der Waals surface area (Å²) in [5.41, 5.74) is 2.25. The molecule has 180 valence electrons. The Hall–Kier alpha value is -2.89. The number of nitrogens with one attached hydrogen (secondary N) is 1. The van der Waals surface area contributed by atoms with Gasteiger partial charge in [0.05, 0.1) is 33.8 Å². The minimum atomic E-state index is -3.49. The number of rotatable bonds is 5. The van der Waals surface area contributed by atoms with Crippen LogP contribution in [0.4, 0.5) is 11.4 Å². The maximum Gasteiger partial charge on any atom is 0.257 e. The van der Waals surface area contributed by atoms with E-state index in [2.05, 4.69) is 10.3 Å². The molecule has 3 aromatic rings. The molecule has 0 radical (unpaired) electrons. The molecule has 34 heavy (non-hydrogen) atoms. The van der Waals surface area contributed by atoms with Crippen LogP contribution in [0.3, 0.4) is 0 Å². The van der Waals surface area contributed by atoms with Crippen LogP contribution in [0.5, 0.6) is 0 Å². The van der Waals surface area contributed by atoms with E-state index in [9.17, 15) is 21.6 Å². The number of nitrogens with zero attached hydrogens (tertiary/aromatic N) is 3. The van der Waals surface area contributed by atoms with E-state index in [0.717, 1.165) is 17.6 Å². The Labute approximate surface area is 203 Å². The van der Waals surface area contributed by atoms with E-state index in [1.54, 1.807) is 23.0 Å². The van der Waals surface area contributed by atoms with Crippen molar-refractivity contribution >= 4 is 48.6 Å². The van der Waals surface area contributed by atoms with E-state index in [4.69, 9.17) is 11.6 Å². The first-order valence-electron chi connectivity index (χ1n) is 10.3. The zero-order chi connectivity index (χ0) is 24.7. The van der Waals surface area contributed by atoms with Gasteiger partial charge >= 0.3 is 0 Å². The number of amides is 1. The van der Waals surface area contributed by atoms with Crippen molar-refractivity contribution in [3.63, 3.8) is 0 Å². The lowest BCUT2D eigenvalue weighted by atomic mass is 10.2. The summed E-state index contributed by atoms with van der Waals surface area (Å²) >= 11 is 6.02. The molecule has 1 N–H and O–H groups in total. The van der Waals surface area contributed by atoms with Gasteiger partial charge in [-0.05, 0) is 43.3 Å². The molecule has 1 aliphatic heterocycles. The summed E-state index contributed by atoms with van der Waals surface area (Å²) in [7, 11) is -6.45. The van der Waals surface area contributed by atoms with Gasteiger partial charge in [0, 0.05) is 41.9 Å². The van der Waals surface area contributed by atoms with Gasteiger partial charge in [-0.15, -0.1) is 0 Å². The molecule has 2 aromatic heterocycles. The van der Waals surface area contributed by atoms with E-state index in [-0.39, 0.29) is 27.1 Å². The van der Waals surface area contributed by atoms with Gasteiger partial charge in [0.15, 0.2) is 19.7 Å². The van der Waals surface area contributed by atoms with Gasteiger partial charge in [0.25, 0.3) is 5.91 Å². The Morgan fingerprint density at radius 2 is 1.82 bits per heavy atom. The highest BCUT2D eigenvalue weighted by molar-refractivity contribution is 7.91. The molecular formula is C22H23ClN4O5S2. The van der Waals surface area contributed by atoms with Crippen LogP contribution in [-0.2, 0) is 19.7 Å². The van der Waals surface area contributed by atoms with Crippen molar-refractivity contribution < 1.29 is 21.6 Å². The Morgan fingerprint density at radius 1 is 1.12 bits per heavy atom. The van der Waals surface area contributed by atoms with Crippen LogP contribution in [-0.4, -0.2) is 63.1 Å². The Bertz CT molecular complexity index is 1450. The number of hydrogen-bond acceptors (Lipinski definition) is 7. The third-order valence-corrected chi connectivity index (χ3v) is 8.44. The molecule has 1 aliphatic rings. The first kappa shape index (κ1) is 24.2. The Balaban J connectivity index is 1.51. The molecule has 0 aliphatic carbocycles. The molecule has 0 atom stereocenters. The lowest BCUT2D eigenvalue weighted by Gasteiger charge is -2.28. The molecule has 12 heteroatoms. The highest BCUT2D eigenvalue weighted by Crippen LogP contribution is 2.24. The second-order valence-electron chi connectivity index (χ2n) is 8.16. The third kappa shape index (κ3) is 5.43. The Morgan fingerprint density at radius 3 is 2.44 bits per heavy atom. The number of pyridine rings is 1. The normalized spacial score (nSPS) is 15.8. The highest BCUT2D eigenvalue weighted by Gasteiger charge is 2.22. The maximum absolute atomic E-state index is 12.8. The van der Waals surface area contributed by atoms with Crippen molar-refractivity contribution in [3.8, 4) is 5.82 Å². The Kier molecular flexibility index (Phi) is 6.45. The van der Waals surface area contributed by atoms with Gasteiger partial charge in [-0.3, -0.25) is 4.79 Å². The predicted molar refractivity (Wildman–Crippen MR) is 132 cm³/mol. The minimum absolute atomic E-state index is 0.0136. The van der Waals surface area contributed by atoms with Crippen molar-refractivity contribution in [2.45, 2.75) is 11.8 Å². The smallest absolute Gasteiger partial charge is 0.257 e. The third-order valence-electron chi connectivity index (χ3n) is 5.52. The van der Waals surface area contributed by atoms with Crippen LogP contribution >= 0.6 is 11.6 Å². The number of sulfone groups is 2. The summed E-state index contributed by atoms with van der Waals surface area (Å²) in [6, 6.07) is 9.54. The zero-order valence-corrected chi connectivity index (χ0v) is 20.9.